The van der Waals surface area contributed by atoms with Gasteiger partial charge in [0.2, 0.25) is 0 Å². The largest absolute Gasteiger partial charge is 0.460 e. The molecule has 2 aromatic carbocycles. The van der Waals surface area contributed by atoms with E-state index in [2.05, 4.69) is 11.8 Å². The van der Waals surface area contributed by atoms with Crippen molar-refractivity contribution in [2.45, 2.75) is 58.5 Å². The molecule has 0 saturated carbocycles. The Morgan fingerprint density at radius 3 is 2.27 bits per heavy atom. The van der Waals surface area contributed by atoms with Gasteiger partial charge >= 0.3 is 11.9 Å². The van der Waals surface area contributed by atoms with E-state index in [9.17, 15) is 9.59 Å². The minimum absolute atomic E-state index is 0.0983. The third kappa shape index (κ3) is 7.15. The summed E-state index contributed by atoms with van der Waals surface area (Å²) >= 11 is 6.56. The minimum Gasteiger partial charge on any atom is -0.460 e. The number of benzene rings is 2. The molecular formula is C24H30ClNO4. The van der Waals surface area contributed by atoms with E-state index in [1.807, 2.05) is 48.5 Å². The molecule has 162 valence electrons. The predicted molar refractivity (Wildman–Crippen MR) is 119 cm³/mol. The van der Waals surface area contributed by atoms with Crippen LogP contribution in [0.4, 0.5) is 0 Å². The molecule has 5 nitrogen and oxygen atoms in total. The highest BCUT2D eigenvalue weighted by molar-refractivity contribution is 6.31. The van der Waals surface area contributed by atoms with Gasteiger partial charge in [-0.1, -0.05) is 61.0 Å². The quantitative estimate of drug-likeness (QED) is 0.431. The van der Waals surface area contributed by atoms with Crippen LogP contribution in [0.1, 0.15) is 58.4 Å². The Morgan fingerprint density at radius 1 is 1.03 bits per heavy atom. The second kappa shape index (κ2) is 10.6. The molecule has 0 heterocycles. The summed E-state index contributed by atoms with van der Waals surface area (Å²) in [6.45, 7) is 7.43. The highest BCUT2D eigenvalue weighted by atomic mass is 35.5. The lowest BCUT2D eigenvalue weighted by Gasteiger charge is -2.24. The van der Waals surface area contributed by atoms with E-state index in [1.165, 1.54) is 0 Å². The smallest absolute Gasteiger partial charge is 0.325 e. The zero-order valence-corrected chi connectivity index (χ0v) is 18.7. The number of carbonyl (C=O) groups excluding carboxylic acids is 2. The fraction of sp³-hybridized carbons (Fsp3) is 0.417. The first-order valence-electron chi connectivity index (χ1n) is 10.1. The molecule has 2 aromatic rings. The van der Waals surface area contributed by atoms with Crippen molar-refractivity contribution < 1.29 is 19.2 Å². The van der Waals surface area contributed by atoms with Crippen LogP contribution in [0.2, 0.25) is 5.02 Å². The number of hydrogen-bond donors (Lipinski definition) is 1. The standard InChI is InChI=1S/C24H30ClNO4/c1-16(10-11-19(15-22(27)30-26)23(28)29-24(2,3)4)20-13-12-18(14-21(20)25)17-8-6-5-7-9-17/h5-9,12-14,16,19H,10-11,15,26H2,1-4H3/t16?,19-/m1/s1. The van der Waals surface area contributed by atoms with Crippen molar-refractivity contribution in [1.82, 2.24) is 0 Å². The Kier molecular flexibility index (Phi) is 8.44. The summed E-state index contributed by atoms with van der Waals surface area (Å²) in [6, 6.07) is 16.1. The lowest BCUT2D eigenvalue weighted by Crippen LogP contribution is -2.30. The van der Waals surface area contributed by atoms with E-state index < -0.39 is 23.5 Å². The van der Waals surface area contributed by atoms with E-state index in [0.29, 0.717) is 17.9 Å². The fourth-order valence-electron chi connectivity index (χ4n) is 3.28. The van der Waals surface area contributed by atoms with Crippen molar-refractivity contribution in [3.63, 3.8) is 0 Å². The molecule has 0 amide bonds. The normalized spacial score (nSPS) is 13.4. The van der Waals surface area contributed by atoms with Crippen LogP contribution in [0.5, 0.6) is 0 Å². The van der Waals surface area contributed by atoms with Gasteiger partial charge in [0.1, 0.15) is 5.60 Å². The third-order valence-electron chi connectivity index (χ3n) is 4.87. The van der Waals surface area contributed by atoms with Crippen LogP contribution in [0.15, 0.2) is 48.5 Å². The van der Waals surface area contributed by atoms with Crippen molar-refractivity contribution >= 4 is 23.5 Å². The van der Waals surface area contributed by atoms with Gasteiger partial charge in [-0.15, -0.1) is 0 Å². The second-order valence-corrected chi connectivity index (χ2v) is 8.91. The van der Waals surface area contributed by atoms with Gasteiger partial charge in [-0.2, -0.15) is 5.90 Å². The number of rotatable bonds is 8. The Morgan fingerprint density at radius 2 is 1.70 bits per heavy atom. The Labute approximate surface area is 183 Å². The van der Waals surface area contributed by atoms with Gasteiger partial charge in [-0.25, -0.2) is 0 Å². The molecule has 0 aliphatic carbocycles. The van der Waals surface area contributed by atoms with Crippen molar-refractivity contribution in [3.05, 3.63) is 59.1 Å². The summed E-state index contributed by atoms with van der Waals surface area (Å²) in [5.41, 5.74) is 2.52. The Hall–Kier alpha value is -2.37. The van der Waals surface area contributed by atoms with Crippen molar-refractivity contribution in [1.29, 1.82) is 0 Å². The summed E-state index contributed by atoms with van der Waals surface area (Å²) in [5.74, 6) is 3.37. The summed E-state index contributed by atoms with van der Waals surface area (Å²) in [7, 11) is 0. The summed E-state index contributed by atoms with van der Waals surface area (Å²) in [4.78, 5) is 28.4. The maximum atomic E-state index is 12.5. The van der Waals surface area contributed by atoms with Crippen LogP contribution in [0.3, 0.4) is 0 Å². The van der Waals surface area contributed by atoms with Crippen molar-refractivity contribution in [2.75, 3.05) is 0 Å². The molecule has 2 N–H and O–H groups in total. The van der Waals surface area contributed by atoms with Gasteiger partial charge in [-0.3, -0.25) is 9.59 Å². The number of nitrogens with two attached hydrogens (primary N) is 1. The highest BCUT2D eigenvalue weighted by Crippen LogP contribution is 2.33. The van der Waals surface area contributed by atoms with Crippen LogP contribution in [-0.2, 0) is 19.2 Å². The first-order chi connectivity index (χ1) is 14.1. The van der Waals surface area contributed by atoms with Crippen LogP contribution >= 0.6 is 11.6 Å². The molecule has 6 heteroatoms. The maximum absolute atomic E-state index is 12.5. The zero-order chi connectivity index (χ0) is 22.3. The molecule has 0 aromatic heterocycles. The minimum atomic E-state index is -0.635. The average molecular weight is 432 g/mol. The molecule has 2 rings (SSSR count). The molecule has 0 radical (unpaired) electrons. The van der Waals surface area contributed by atoms with Gasteiger partial charge < -0.3 is 9.57 Å². The van der Waals surface area contributed by atoms with Crippen LogP contribution < -0.4 is 5.90 Å². The van der Waals surface area contributed by atoms with Crippen LogP contribution in [0, 0.1) is 5.92 Å². The molecule has 0 saturated heterocycles. The topological polar surface area (TPSA) is 78.6 Å². The van der Waals surface area contributed by atoms with Gasteiger partial charge in [0, 0.05) is 5.02 Å². The molecule has 1 unspecified atom stereocenters. The number of hydrogen-bond acceptors (Lipinski definition) is 5. The van der Waals surface area contributed by atoms with Crippen LogP contribution in [-0.4, -0.2) is 17.5 Å². The van der Waals surface area contributed by atoms with Gasteiger partial charge in [0.05, 0.1) is 12.3 Å². The third-order valence-corrected chi connectivity index (χ3v) is 5.20. The first kappa shape index (κ1) is 23.9. The summed E-state index contributed by atoms with van der Waals surface area (Å²) in [6.07, 6.45) is 1.01. The maximum Gasteiger partial charge on any atom is 0.325 e. The van der Waals surface area contributed by atoms with Gasteiger partial charge in [0.15, 0.2) is 0 Å². The summed E-state index contributed by atoms with van der Waals surface area (Å²) < 4.78 is 5.46. The summed E-state index contributed by atoms with van der Waals surface area (Å²) in [5, 5.41) is 0.680. The van der Waals surface area contributed by atoms with Crippen LogP contribution in [0.25, 0.3) is 11.1 Å². The second-order valence-electron chi connectivity index (χ2n) is 8.51. The molecular weight excluding hydrogens is 402 g/mol. The molecule has 2 atom stereocenters. The Bertz CT molecular complexity index is 861. The van der Waals surface area contributed by atoms with E-state index in [-0.39, 0.29) is 12.3 Å². The predicted octanol–water partition coefficient (Wildman–Crippen LogP) is 5.66. The molecule has 0 fully saturated rings. The SMILES string of the molecule is CC(CC[C@H](CC(=O)ON)C(=O)OC(C)(C)C)c1ccc(-c2ccccc2)cc1Cl. The number of halogens is 1. The lowest BCUT2D eigenvalue weighted by molar-refractivity contribution is -0.164. The van der Waals surface area contributed by atoms with Crippen molar-refractivity contribution in [3.8, 4) is 11.1 Å². The van der Waals surface area contributed by atoms with Gasteiger partial charge in [0.25, 0.3) is 0 Å². The fourth-order valence-corrected chi connectivity index (χ4v) is 3.65. The molecule has 0 bridgehead atoms. The van der Waals surface area contributed by atoms with E-state index >= 15 is 0 Å². The monoisotopic (exact) mass is 431 g/mol. The van der Waals surface area contributed by atoms with E-state index in [0.717, 1.165) is 16.7 Å². The number of carbonyl (C=O) groups is 2. The molecule has 0 spiro atoms. The first-order valence-corrected chi connectivity index (χ1v) is 10.5. The Balaban J connectivity index is 2.09. The molecule has 30 heavy (non-hydrogen) atoms. The average Bonchev–Trinajstić information content (AvgIpc) is 2.69. The lowest BCUT2D eigenvalue weighted by atomic mass is 9.89. The van der Waals surface area contributed by atoms with Gasteiger partial charge in [-0.05, 0) is 62.3 Å². The number of ether oxygens (including phenoxy) is 1. The highest BCUT2D eigenvalue weighted by Gasteiger charge is 2.28. The zero-order valence-electron chi connectivity index (χ0n) is 18.0. The van der Waals surface area contributed by atoms with E-state index in [4.69, 9.17) is 22.2 Å². The van der Waals surface area contributed by atoms with E-state index in [1.54, 1.807) is 20.8 Å². The molecule has 0 aliphatic heterocycles. The molecule has 0 aliphatic rings. The number of esters is 1. The van der Waals surface area contributed by atoms with Crippen molar-refractivity contribution in [2.24, 2.45) is 11.8 Å².